The first-order valence-corrected chi connectivity index (χ1v) is 10.5. The van der Waals surface area contributed by atoms with Crippen molar-refractivity contribution in [1.82, 2.24) is 15.0 Å². The molecule has 1 fully saturated rings. The molecule has 3 aromatic rings. The predicted molar refractivity (Wildman–Crippen MR) is 115 cm³/mol. The van der Waals surface area contributed by atoms with E-state index in [2.05, 4.69) is 10.1 Å². The number of amides is 1. The van der Waals surface area contributed by atoms with Gasteiger partial charge in [0, 0.05) is 35.5 Å². The fourth-order valence-electron chi connectivity index (χ4n) is 3.72. The topological polar surface area (TPSA) is 85.5 Å². The molecular formula is C23H22ClN3O4. The molecule has 1 aliphatic heterocycles. The van der Waals surface area contributed by atoms with E-state index in [1.54, 1.807) is 48.4 Å². The van der Waals surface area contributed by atoms with Gasteiger partial charge < -0.3 is 14.2 Å². The van der Waals surface area contributed by atoms with Gasteiger partial charge >= 0.3 is 0 Å². The Bertz CT molecular complexity index is 1060. The van der Waals surface area contributed by atoms with E-state index in [4.69, 9.17) is 20.9 Å². The molecule has 160 valence electrons. The van der Waals surface area contributed by atoms with Crippen LogP contribution in [0.2, 0.25) is 5.02 Å². The fraction of sp³-hybridized carbons (Fsp3) is 0.304. The Balaban J connectivity index is 1.37. The Hall–Kier alpha value is -3.19. The van der Waals surface area contributed by atoms with Crippen molar-refractivity contribution in [2.24, 2.45) is 0 Å². The summed E-state index contributed by atoms with van der Waals surface area (Å²) in [5.41, 5.74) is 1.37. The lowest BCUT2D eigenvalue weighted by Gasteiger charge is -2.23. The van der Waals surface area contributed by atoms with Gasteiger partial charge in [0.05, 0.1) is 13.2 Å². The molecule has 1 saturated heterocycles. The highest BCUT2D eigenvalue weighted by molar-refractivity contribution is 6.30. The molecule has 7 nitrogen and oxygen atoms in total. The highest BCUT2D eigenvalue weighted by atomic mass is 35.5. The second-order valence-electron chi connectivity index (χ2n) is 7.36. The van der Waals surface area contributed by atoms with E-state index >= 15 is 0 Å². The van der Waals surface area contributed by atoms with Crippen molar-refractivity contribution < 1.29 is 18.8 Å². The quantitative estimate of drug-likeness (QED) is 0.513. The fourth-order valence-corrected chi connectivity index (χ4v) is 3.84. The van der Waals surface area contributed by atoms with E-state index < -0.39 is 6.04 Å². The number of carbonyl (C=O) groups excluding carboxylic acids is 2. The second kappa shape index (κ2) is 9.31. The molecule has 1 aliphatic rings. The van der Waals surface area contributed by atoms with E-state index in [0.717, 1.165) is 12.0 Å². The molecule has 2 aromatic carbocycles. The maximum atomic E-state index is 12.9. The van der Waals surface area contributed by atoms with Crippen LogP contribution in [-0.4, -0.2) is 46.4 Å². The number of aryl methyl sites for hydroxylation is 1. The standard InChI is InChI=1S/C23H22ClN3O4/c1-30-18-10-6-15(7-11-18)22(29)19-3-2-14-27(19)21(28)13-12-20-25-23(26-31-20)16-4-8-17(24)9-5-16/h4-11,19H,2-3,12-14H2,1H3. The lowest BCUT2D eigenvalue weighted by Crippen LogP contribution is -2.40. The highest BCUT2D eigenvalue weighted by Gasteiger charge is 2.34. The van der Waals surface area contributed by atoms with Gasteiger partial charge in [-0.15, -0.1) is 0 Å². The third kappa shape index (κ3) is 4.77. The molecule has 0 bridgehead atoms. The minimum atomic E-state index is -0.437. The monoisotopic (exact) mass is 439 g/mol. The number of hydrogen-bond donors (Lipinski definition) is 0. The molecular weight excluding hydrogens is 418 g/mol. The Morgan fingerprint density at radius 3 is 2.61 bits per heavy atom. The van der Waals surface area contributed by atoms with Crippen LogP contribution < -0.4 is 4.74 Å². The number of ether oxygens (including phenoxy) is 1. The Morgan fingerprint density at radius 1 is 1.16 bits per heavy atom. The maximum absolute atomic E-state index is 12.9. The molecule has 0 aliphatic carbocycles. The molecule has 1 unspecified atom stereocenters. The van der Waals surface area contributed by atoms with E-state index in [1.165, 1.54) is 0 Å². The number of rotatable bonds is 7. The summed E-state index contributed by atoms with van der Waals surface area (Å²) in [5, 5.41) is 4.60. The summed E-state index contributed by atoms with van der Waals surface area (Å²) in [7, 11) is 1.58. The smallest absolute Gasteiger partial charge is 0.227 e. The molecule has 1 aromatic heterocycles. The number of carbonyl (C=O) groups is 2. The average molecular weight is 440 g/mol. The van der Waals surface area contributed by atoms with Gasteiger partial charge in [-0.1, -0.05) is 16.8 Å². The van der Waals surface area contributed by atoms with Gasteiger partial charge in [0.25, 0.3) is 0 Å². The molecule has 8 heteroatoms. The first-order valence-electron chi connectivity index (χ1n) is 10.1. The summed E-state index contributed by atoms with van der Waals surface area (Å²) in [6.45, 7) is 0.575. The van der Waals surface area contributed by atoms with Crippen LogP contribution in [0, 0.1) is 0 Å². The van der Waals surface area contributed by atoms with Crippen LogP contribution in [-0.2, 0) is 11.2 Å². The Labute approximate surface area is 185 Å². The van der Waals surface area contributed by atoms with Gasteiger partial charge in [-0.25, -0.2) is 0 Å². The minimum absolute atomic E-state index is 0.0451. The molecule has 1 amide bonds. The van der Waals surface area contributed by atoms with Crippen LogP contribution in [0.3, 0.4) is 0 Å². The summed E-state index contributed by atoms with van der Waals surface area (Å²) in [5.74, 6) is 1.39. The second-order valence-corrected chi connectivity index (χ2v) is 7.79. The van der Waals surface area contributed by atoms with Crippen molar-refractivity contribution in [3.63, 3.8) is 0 Å². The minimum Gasteiger partial charge on any atom is -0.497 e. The number of benzene rings is 2. The van der Waals surface area contributed by atoms with E-state index in [0.29, 0.717) is 47.4 Å². The zero-order chi connectivity index (χ0) is 21.8. The normalized spacial score (nSPS) is 15.8. The summed E-state index contributed by atoms with van der Waals surface area (Å²) in [4.78, 5) is 31.8. The van der Waals surface area contributed by atoms with Gasteiger partial charge in [0.1, 0.15) is 5.75 Å². The van der Waals surface area contributed by atoms with E-state index in [1.807, 2.05) is 12.1 Å². The van der Waals surface area contributed by atoms with Crippen LogP contribution in [0.5, 0.6) is 5.75 Å². The SMILES string of the molecule is COc1ccc(C(=O)C2CCCN2C(=O)CCc2nc(-c3ccc(Cl)cc3)no2)cc1. The van der Waals surface area contributed by atoms with Crippen molar-refractivity contribution in [1.29, 1.82) is 0 Å². The lowest BCUT2D eigenvalue weighted by molar-refractivity contribution is -0.131. The van der Waals surface area contributed by atoms with E-state index in [9.17, 15) is 9.59 Å². The first-order chi connectivity index (χ1) is 15.0. The third-order valence-electron chi connectivity index (χ3n) is 5.37. The molecule has 2 heterocycles. The molecule has 0 spiro atoms. The largest absolute Gasteiger partial charge is 0.497 e. The Kier molecular flexibility index (Phi) is 6.32. The van der Waals surface area contributed by atoms with E-state index in [-0.39, 0.29) is 18.1 Å². The van der Waals surface area contributed by atoms with Crippen molar-refractivity contribution in [3.8, 4) is 17.1 Å². The first kappa shape index (κ1) is 21.1. The van der Waals surface area contributed by atoms with Gasteiger partial charge in [0.2, 0.25) is 17.6 Å². The van der Waals surface area contributed by atoms with Crippen molar-refractivity contribution in [2.45, 2.75) is 31.7 Å². The number of ketones is 1. The third-order valence-corrected chi connectivity index (χ3v) is 5.63. The summed E-state index contributed by atoms with van der Waals surface area (Å²) < 4.78 is 10.4. The molecule has 4 rings (SSSR count). The molecule has 31 heavy (non-hydrogen) atoms. The maximum Gasteiger partial charge on any atom is 0.227 e. The van der Waals surface area contributed by atoms with Crippen LogP contribution in [0.4, 0.5) is 0 Å². The number of halogens is 1. The number of Topliss-reactive ketones (excluding diaryl/α,β-unsaturated/α-hetero) is 1. The van der Waals surface area contributed by atoms with Gasteiger partial charge in [0.15, 0.2) is 5.78 Å². The molecule has 0 radical (unpaired) electrons. The number of methoxy groups -OCH3 is 1. The van der Waals surface area contributed by atoms with Crippen LogP contribution in [0.25, 0.3) is 11.4 Å². The molecule has 0 N–H and O–H groups in total. The molecule has 1 atom stereocenters. The van der Waals surface area contributed by atoms with Gasteiger partial charge in [-0.3, -0.25) is 9.59 Å². The zero-order valence-electron chi connectivity index (χ0n) is 17.1. The van der Waals surface area contributed by atoms with Gasteiger partial charge in [-0.05, 0) is 61.4 Å². The summed E-state index contributed by atoms with van der Waals surface area (Å²) in [6, 6.07) is 13.7. The van der Waals surface area contributed by atoms with Crippen molar-refractivity contribution >= 4 is 23.3 Å². The number of nitrogens with zero attached hydrogens (tertiary/aromatic N) is 3. The van der Waals surface area contributed by atoms with Crippen LogP contribution in [0.15, 0.2) is 53.1 Å². The number of hydrogen-bond acceptors (Lipinski definition) is 6. The summed E-state index contributed by atoms with van der Waals surface area (Å²) >= 11 is 5.90. The lowest BCUT2D eigenvalue weighted by atomic mass is 10.0. The zero-order valence-corrected chi connectivity index (χ0v) is 17.8. The van der Waals surface area contributed by atoms with Crippen molar-refractivity contribution in [3.05, 3.63) is 65.0 Å². The predicted octanol–water partition coefficient (Wildman–Crippen LogP) is 4.21. The van der Waals surface area contributed by atoms with Crippen LogP contribution in [0.1, 0.15) is 35.5 Å². The van der Waals surface area contributed by atoms with Crippen LogP contribution >= 0.6 is 11.6 Å². The highest BCUT2D eigenvalue weighted by Crippen LogP contribution is 2.24. The number of aromatic nitrogens is 2. The number of likely N-dealkylation sites (tertiary alicyclic amines) is 1. The summed E-state index contributed by atoms with van der Waals surface area (Å²) in [6.07, 6.45) is 1.99. The molecule has 0 saturated carbocycles. The average Bonchev–Trinajstić information content (AvgIpc) is 3.47. The Morgan fingerprint density at radius 2 is 1.90 bits per heavy atom. The van der Waals surface area contributed by atoms with Gasteiger partial charge in [-0.2, -0.15) is 4.98 Å². The van der Waals surface area contributed by atoms with Crippen molar-refractivity contribution in [2.75, 3.05) is 13.7 Å².